The Balaban J connectivity index is 5.73. The fourth-order valence-electron chi connectivity index (χ4n) is 4.21. The predicted octanol–water partition coefficient (Wildman–Crippen LogP) is 3.15. The van der Waals surface area contributed by atoms with Crippen LogP contribution in [0.4, 0.5) is 0 Å². The summed E-state index contributed by atoms with van der Waals surface area (Å²) in [7, 11) is 9.08. The summed E-state index contributed by atoms with van der Waals surface area (Å²) in [5, 5.41) is 0. The van der Waals surface area contributed by atoms with Gasteiger partial charge in [0.25, 0.3) is 0 Å². The molecule has 0 spiro atoms. The molecule has 0 aromatic carbocycles. The summed E-state index contributed by atoms with van der Waals surface area (Å²) in [6.45, 7) is 14.5. The fraction of sp³-hybridized carbons (Fsp3) is 1.00. The van der Waals surface area contributed by atoms with Crippen LogP contribution >= 0.6 is 0 Å². The van der Waals surface area contributed by atoms with Gasteiger partial charge in [0, 0.05) is 0 Å². The molecule has 15 heavy (non-hydrogen) atoms. The van der Waals surface area contributed by atoms with Crippen LogP contribution in [0, 0.1) is 0 Å². The second kappa shape index (κ2) is 4.53. The van der Waals surface area contributed by atoms with Crippen LogP contribution in [0.1, 0.15) is 41.5 Å². The van der Waals surface area contributed by atoms with Crippen LogP contribution in [0.5, 0.6) is 0 Å². The standard InChI is InChI=1S/2C4H9.2C2H6N.Sn/c2*1-4(2)3;2*1-3-2;/h2*1-3H3;2*1-2H3;/q;;2*-1;+2. The predicted molar refractivity (Wildman–Crippen MR) is 72.6 cm³/mol. The Labute approximate surface area is 102 Å². The van der Waals surface area contributed by atoms with E-state index in [9.17, 15) is 0 Å². The van der Waals surface area contributed by atoms with E-state index in [0.29, 0.717) is 6.86 Å². The quantitative estimate of drug-likeness (QED) is 0.721. The van der Waals surface area contributed by atoms with Crippen LogP contribution in [0.15, 0.2) is 0 Å². The van der Waals surface area contributed by atoms with Crippen LogP contribution in [0.3, 0.4) is 0 Å². The molecule has 0 heterocycles. The summed E-state index contributed by atoms with van der Waals surface area (Å²) < 4.78 is 5.93. The summed E-state index contributed by atoms with van der Waals surface area (Å²) >= 11 is -2.57. The summed E-state index contributed by atoms with van der Waals surface area (Å²) in [4.78, 5) is 0. The van der Waals surface area contributed by atoms with Crippen molar-refractivity contribution < 1.29 is 0 Å². The molecular formula is C12H30N2Sn. The van der Waals surface area contributed by atoms with Gasteiger partial charge in [-0.15, -0.1) is 0 Å². The maximum atomic E-state index is 2.56. The Morgan fingerprint density at radius 2 is 0.800 bits per heavy atom. The fourth-order valence-corrected chi connectivity index (χ4v) is 28.2. The van der Waals surface area contributed by atoms with E-state index < -0.39 is 18.9 Å². The maximum absolute atomic E-state index is 2.57. The SMILES string of the molecule is C[N](C)[Sn]([N](C)C)([C](C)(C)C)[C](C)(C)C. The Kier molecular flexibility index (Phi) is 4.75. The van der Waals surface area contributed by atoms with Gasteiger partial charge in [-0.1, -0.05) is 0 Å². The van der Waals surface area contributed by atoms with Gasteiger partial charge in [0.15, 0.2) is 0 Å². The minimum absolute atomic E-state index is 0.403. The van der Waals surface area contributed by atoms with Gasteiger partial charge in [0.2, 0.25) is 0 Å². The molecule has 0 fully saturated rings. The first-order valence-electron chi connectivity index (χ1n) is 5.74. The molecule has 0 unspecified atom stereocenters. The van der Waals surface area contributed by atoms with Gasteiger partial charge in [-0.2, -0.15) is 0 Å². The normalized spacial score (nSPS) is 15.2. The second-order valence-corrected chi connectivity index (χ2v) is 24.5. The molecule has 0 aromatic rings. The van der Waals surface area contributed by atoms with E-state index >= 15 is 0 Å². The zero-order valence-electron chi connectivity index (χ0n) is 12.4. The first-order chi connectivity index (χ1) is 6.39. The Morgan fingerprint density at radius 1 is 0.600 bits per heavy atom. The summed E-state index contributed by atoms with van der Waals surface area (Å²) in [5.74, 6) is 0. The van der Waals surface area contributed by atoms with Gasteiger partial charge in [0.05, 0.1) is 0 Å². The molecule has 2 nitrogen and oxygen atoms in total. The van der Waals surface area contributed by atoms with E-state index in [1.165, 1.54) is 0 Å². The first kappa shape index (κ1) is 15.7. The van der Waals surface area contributed by atoms with Crippen molar-refractivity contribution in [3.63, 3.8) is 0 Å². The Hall–Kier alpha value is 0.719. The van der Waals surface area contributed by atoms with E-state index in [0.717, 1.165) is 0 Å². The van der Waals surface area contributed by atoms with Crippen molar-refractivity contribution in [2.75, 3.05) is 28.2 Å². The molecule has 0 atom stereocenters. The minimum atomic E-state index is -2.57. The zero-order chi connectivity index (χ0) is 12.7. The molecule has 0 radical (unpaired) electrons. The number of hydrogen-bond acceptors (Lipinski definition) is 2. The zero-order valence-corrected chi connectivity index (χ0v) is 15.2. The van der Waals surface area contributed by atoms with Gasteiger partial charge < -0.3 is 0 Å². The van der Waals surface area contributed by atoms with E-state index in [1.807, 2.05) is 0 Å². The van der Waals surface area contributed by atoms with Gasteiger partial charge in [0.1, 0.15) is 0 Å². The molecule has 92 valence electrons. The van der Waals surface area contributed by atoms with Gasteiger partial charge in [-0.05, 0) is 0 Å². The summed E-state index contributed by atoms with van der Waals surface area (Å²) in [6, 6.07) is 0. The van der Waals surface area contributed by atoms with E-state index in [-0.39, 0.29) is 0 Å². The van der Waals surface area contributed by atoms with Crippen molar-refractivity contribution >= 4 is 18.9 Å². The molecular weight excluding hydrogens is 291 g/mol. The van der Waals surface area contributed by atoms with Crippen LogP contribution in [0.2, 0.25) is 6.86 Å². The molecule has 0 aliphatic carbocycles. The third kappa shape index (κ3) is 2.52. The molecule has 3 heteroatoms. The van der Waals surface area contributed by atoms with Crippen molar-refractivity contribution in [1.29, 1.82) is 0 Å². The van der Waals surface area contributed by atoms with Crippen LogP contribution in [-0.4, -0.2) is 53.4 Å². The van der Waals surface area contributed by atoms with E-state index in [4.69, 9.17) is 0 Å². The first-order valence-corrected chi connectivity index (χ1v) is 11.1. The topological polar surface area (TPSA) is 6.48 Å². The van der Waals surface area contributed by atoms with Crippen LogP contribution in [0.25, 0.3) is 0 Å². The van der Waals surface area contributed by atoms with Crippen molar-refractivity contribution in [3.8, 4) is 0 Å². The molecule has 0 saturated carbocycles. The van der Waals surface area contributed by atoms with Crippen LogP contribution in [-0.2, 0) is 0 Å². The van der Waals surface area contributed by atoms with Crippen molar-refractivity contribution in [3.05, 3.63) is 0 Å². The van der Waals surface area contributed by atoms with Gasteiger partial charge >= 0.3 is 102 Å². The second-order valence-electron chi connectivity index (χ2n) is 6.96. The molecule has 0 N–H and O–H groups in total. The van der Waals surface area contributed by atoms with E-state index in [2.05, 4.69) is 76.0 Å². The van der Waals surface area contributed by atoms with Crippen molar-refractivity contribution in [2.45, 2.75) is 48.4 Å². The average Bonchev–Trinajstić information content (AvgIpc) is 1.75. The molecule has 0 saturated heterocycles. The van der Waals surface area contributed by atoms with Gasteiger partial charge in [-0.25, -0.2) is 0 Å². The number of hydrogen-bond donors (Lipinski definition) is 0. The van der Waals surface area contributed by atoms with E-state index in [1.54, 1.807) is 0 Å². The summed E-state index contributed by atoms with van der Waals surface area (Å²) in [6.07, 6.45) is 0. The van der Waals surface area contributed by atoms with Crippen molar-refractivity contribution in [2.24, 2.45) is 0 Å². The molecule has 0 rings (SSSR count). The monoisotopic (exact) mass is 322 g/mol. The third-order valence-corrected chi connectivity index (χ3v) is 22.7. The van der Waals surface area contributed by atoms with Crippen LogP contribution < -0.4 is 0 Å². The Bertz CT molecular complexity index is 185. The molecule has 0 bridgehead atoms. The Morgan fingerprint density at radius 3 is 0.800 bits per heavy atom. The molecule has 0 aliphatic rings. The number of nitrogens with zero attached hydrogens (tertiary/aromatic N) is 2. The third-order valence-electron chi connectivity index (χ3n) is 3.39. The van der Waals surface area contributed by atoms with Crippen molar-refractivity contribution in [1.82, 2.24) is 6.24 Å². The molecule has 0 aromatic heterocycles. The molecule has 0 aliphatic heterocycles. The summed E-state index contributed by atoms with van der Waals surface area (Å²) in [5.41, 5.74) is 0. The average molecular weight is 321 g/mol. The van der Waals surface area contributed by atoms with Gasteiger partial charge in [-0.3, -0.25) is 0 Å². The number of rotatable bonds is 2. The molecule has 0 amide bonds.